The average molecular weight is 326 g/mol. The number of halogens is 2. The molecule has 0 heterocycles. The SMILES string of the molecule is O=C(COc1ccc(Br)cc1)c1ccc(Cl)cc1. The molecule has 0 bridgehead atoms. The predicted molar refractivity (Wildman–Crippen MR) is 75.4 cm³/mol. The summed E-state index contributed by atoms with van der Waals surface area (Å²) in [4.78, 5) is 11.8. The molecule has 0 atom stereocenters. The van der Waals surface area contributed by atoms with E-state index in [0.717, 1.165) is 4.47 Å². The van der Waals surface area contributed by atoms with Crippen molar-refractivity contribution in [2.45, 2.75) is 0 Å². The fourth-order valence-corrected chi connectivity index (χ4v) is 1.79. The van der Waals surface area contributed by atoms with E-state index >= 15 is 0 Å². The summed E-state index contributed by atoms with van der Waals surface area (Å²) < 4.78 is 6.38. The summed E-state index contributed by atoms with van der Waals surface area (Å²) in [5.74, 6) is 0.593. The van der Waals surface area contributed by atoms with Crippen LogP contribution >= 0.6 is 27.5 Å². The lowest BCUT2D eigenvalue weighted by molar-refractivity contribution is 0.0921. The Morgan fingerprint density at radius 3 is 2.28 bits per heavy atom. The van der Waals surface area contributed by atoms with Gasteiger partial charge < -0.3 is 4.74 Å². The standard InChI is InChI=1S/C14H10BrClO2/c15-11-3-7-13(8-4-11)18-9-14(17)10-1-5-12(16)6-2-10/h1-8H,9H2. The molecule has 0 saturated heterocycles. The fraction of sp³-hybridized carbons (Fsp3) is 0.0714. The number of hydrogen-bond acceptors (Lipinski definition) is 2. The zero-order valence-corrected chi connectivity index (χ0v) is 11.7. The first-order valence-corrected chi connectivity index (χ1v) is 6.49. The van der Waals surface area contributed by atoms with Crippen LogP contribution in [-0.2, 0) is 0 Å². The molecule has 92 valence electrons. The molecule has 0 aliphatic rings. The van der Waals surface area contributed by atoms with E-state index in [1.807, 2.05) is 12.1 Å². The van der Waals surface area contributed by atoms with Crippen molar-refractivity contribution < 1.29 is 9.53 Å². The van der Waals surface area contributed by atoms with E-state index in [0.29, 0.717) is 16.3 Å². The summed E-state index contributed by atoms with van der Waals surface area (Å²) in [6.07, 6.45) is 0. The maximum absolute atomic E-state index is 11.8. The van der Waals surface area contributed by atoms with Gasteiger partial charge in [0.15, 0.2) is 12.4 Å². The minimum Gasteiger partial charge on any atom is -0.485 e. The van der Waals surface area contributed by atoms with E-state index in [1.54, 1.807) is 36.4 Å². The van der Waals surface area contributed by atoms with Gasteiger partial charge in [-0.1, -0.05) is 27.5 Å². The van der Waals surface area contributed by atoms with Gasteiger partial charge >= 0.3 is 0 Å². The number of benzene rings is 2. The summed E-state index contributed by atoms with van der Waals surface area (Å²) in [7, 11) is 0. The molecule has 0 amide bonds. The molecule has 18 heavy (non-hydrogen) atoms. The summed E-state index contributed by atoms with van der Waals surface area (Å²) in [6.45, 7) is 0.0171. The molecular weight excluding hydrogens is 316 g/mol. The monoisotopic (exact) mass is 324 g/mol. The van der Waals surface area contributed by atoms with Crippen LogP contribution in [0, 0.1) is 0 Å². The summed E-state index contributed by atoms with van der Waals surface area (Å²) in [5.41, 5.74) is 0.594. The smallest absolute Gasteiger partial charge is 0.200 e. The number of ether oxygens (including phenoxy) is 1. The zero-order chi connectivity index (χ0) is 13.0. The molecule has 0 spiro atoms. The molecule has 4 heteroatoms. The maximum atomic E-state index is 11.8. The Balaban J connectivity index is 1.96. The van der Waals surface area contributed by atoms with Crippen LogP contribution in [0.2, 0.25) is 5.02 Å². The van der Waals surface area contributed by atoms with E-state index in [9.17, 15) is 4.79 Å². The van der Waals surface area contributed by atoms with E-state index in [1.165, 1.54) is 0 Å². The van der Waals surface area contributed by atoms with Crippen molar-refractivity contribution in [1.29, 1.82) is 0 Å². The van der Waals surface area contributed by atoms with E-state index < -0.39 is 0 Å². The number of carbonyl (C=O) groups is 1. The lowest BCUT2D eigenvalue weighted by Gasteiger charge is -2.05. The second kappa shape index (κ2) is 6.03. The Morgan fingerprint density at radius 2 is 1.67 bits per heavy atom. The van der Waals surface area contributed by atoms with Gasteiger partial charge in [-0.05, 0) is 48.5 Å². The number of carbonyl (C=O) groups excluding carboxylic acids is 1. The van der Waals surface area contributed by atoms with Crippen LogP contribution in [0.5, 0.6) is 5.75 Å². The minimum absolute atomic E-state index is 0.0171. The maximum Gasteiger partial charge on any atom is 0.200 e. The van der Waals surface area contributed by atoms with E-state index in [2.05, 4.69) is 15.9 Å². The zero-order valence-electron chi connectivity index (χ0n) is 9.40. The van der Waals surface area contributed by atoms with Crippen molar-refractivity contribution in [3.8, 4) is 5.75 Å². The molecule has 0 aromatic heterocycles. The van der Waals surface area contributed by atoms with Gasteiger partial charge in [-0.25, -0.2) is 0 Å². The number of Topliss-reactive ketones (excluding diaryl/α,β-unsaturated/α-hetero) is 1. The Labute approximate surface area is 119 Å². The van der Waals surface area contributed by atoms with Crippen molar-refractivity contribution in [2.75, 3.05) is 6.61 Å². The Morgan fingerprint density at radius 1 is 1.06 bits per heavy atom. The molecule has 0 aliphatic carbocycles. The average Bonchev–Trinajstić information content (AvgIpc) is 2.38. The molecule has 2 rings (SSSR count). The molecule has 0 aliphatic heterocycles. The molecule has 2 aromatic rings. The van der Waals surface area contributed by atoms with Crippen LogP contribution in [-0.4, -0.2) is 12.4 Å². The van der Waals surface area contributed by atoms with Crippen LogP contribution in [0.15, 0.2) is 53.0 Å². The van der Waals surface area contributed by atoms with E-state index in [-0.39, 0.29) is 12.4 Å². The van der Waals surface area contributed by atoms with Gasteiger partial charge in [0.05, 0.1) is 0 Å². The quantitative estimate of drug-likeness (QED) is 0.781. The van der Waals surface area contributed by atoms with Crippen LogP contribution in [0.25, 0.3) is 0 Å². The second-order valence-corrected chi connectivity index (χ2v) is 5.02. The van der Waals surface area contributed by atoms with E-state index in [4.69, 9.17) is 16.3 Å². The first-order chi connectivity index (χ1) is 8.65. The molecule has 0 saturated carbocycles. The van der Waals surface area contributed by atoms with Crippen LogP contribution in [0.4, 0.5) is 0 Å². The molecule has 2 aromatic carbocycles. The van der Waals surface area contributed by atoms with Crippen LogP contribution in [0.1, 0.15) is 10.4 Å². The lowest BCUT2D eigenvalue weighted by atomic mass is 10.1. The predicted octanol–water partition coefficient (Wildman–Crippen LogP) is 4.36. The summed E-state index contributed by atoms with van der Waals surface area (Å²) >= 11 is 9.09. The van der Waals surface area contributed by atoms with Gasteiger partial charge in [-0.3, -0.25) is 4.79 Å². The van der Waals surface area contributed by atoms with Crippen LogP contribution < -0.4 is 4.74 Å². The van der Waals surface area contributed by atoms with Gasteiger partial charge in [-0.15, -0.1) is 0 Å². The summed E-state index contributed by atoms with van der Waals surface area (Å²) in [5, 5.41) is 0.611. The minimum atomic E-state index is -0.0745. The molecule has 0 unspecified atom stereocenters. The molecule has 0 N–H and O–H groups in total. The highest BCUT2D eigenvalue weighted by Gasteiger charge is 2.06. The van der Waals surface area contributed by atoms with Gasteiger partial charge in [0.1, 0.15) is 5.75 Å². The topological polar surface area (TPSA) is 26.3 Å². The Kier molecular flexibility index (Phi) is 4.39. The number of rotatable bonds is 4. The third kappa shape index (κ3) is 3.59. The molecule has 0 fully saturated rings. The van der Waals surface area contributed by atoms with Gasteiger partial charge in [0, 0.05) is 15.1 Å². The van der Waals surface area contributed by atoms with Gasteiger partial charge in [0.25, 0.3) is 0 Å². The largest absolute Gasteiger partial charge is 0.485 e. The third-order valence-electron chi connectivity index (χ3n) is 2.35. The number of ketones is 1. The Bertz CT molecular complexity index is 535. The molecular formula is C14H10BrClO2. The van der Waals surface area contributed by atoms with Crippen molar-refractivity contribution in [1.82, 2.24) is 0 Å². The fourth-order valence-electron chi connectivity index (χ4n) is 1.40. The highest BCUT2D eigenvalue weighted by molar-refractivity contribution is 9.10. The third-order valence-corrected chi connectivity index (χ3v) is 3.13. The summed E-state index contributed by atoms with van der Waals surface area (Å²) in [6, 6.07) is 14.1. The highest BCUT2D eigenvalue weighted by atomic mass is 79.9. The van der Waals surface area contributed by atoms with Crippen molar-refractivity contribution in [3.05, 3.63) is 63.6 Å². The first kappa shape index (κ1) is 13.1. The van der Waals surface area contributed by atoms with Crippen molar-refractivity contribution in [3.63, 3.8) is 0 Å². The number of hydrogen-bond donors (Lipinski definition) is 0. The molecule has 0 radical (unpaired) electrons. The molecule has 2 nitrogen and oxygen atoms in total. The highest BCUT2D eigenvalue weighted by Crippen LogP contribution is 2.16. The van der Waals surface area contributed by atoms with Crippen LogP contribution in [0.3, 0.4) is 0 Å². The van der Waals surface area contributed by atoms with Crippen molar-refractivity contribution >= 4 is 33.3 Å². The Hall–Kier alpha value is -1.32. The first-order valence-electron chi connectivity index (χ1n) is 5.32. The second-order valence-electron chi connectivity index (χ2n) is 3.67. The van der Waals surface area contributed by atoms with Gasteiger partial charge in [0.2, 0.25) is 0 Å². The van der Waals surface area contributed by atoms with Gasteiger partial charge in [-0.2, -0.15) is 0 Å². The van der Waals surface area contributed by atoms with Crippen molar-refractivity contribution in [2.24, 2.45) is 0 Å². The normalized spacial score (nSPS) is 10.1. The lowest BCUT2D eigenvalue weighted by Crippen LogP contribution is -2.11.